The standard InChI is InChI=1S/C68H30N12/c1-74-54-22-42(37-71)20-51(26-54)47-6-10-63-59(31-47)58-30-46(50-18-40(35-69)17-41(19-50)36-70)5-9-62(58)79(63)66-24-44(39-73)25-67(68(66)45-13-15-78-16-14-45)80-64-11-7-48(52-21-43(38-72)23-55(27-52)75-2)32-60(64)61-33-49(8-12-65(61)80)53-28-56(76-3)34-57(29-53)77-4/h5-34H. The Bertz CT molecular complexity index is 4440. The van der Waals surface area contributed by atoms with Crippen LogP contribution in [0.4, 0.5) is 22.7 Å². The molecule has 0 bridgehead atoms. The van der Waals surface area contributed by atoms with Crippen LogP contribution in [0.2, 0.25) is 0 Å². The number of hydrogen-bond acceptors (Lipinski definition) is 6. The largest absolute Gasteiger partial charge is 0.308 e. The van der Waals surface area contributed by atoms with E-state index >= 15 is 0 Å². The quantitative estimate of drug-likeness (QED) is 0.145. The van der Waals surface area contributed by atoms with Crippen molar-refractivity contribution in [3.05, 3.63) is 256 Å². The number of rotatable bonds is 7. The molecular formula is C68H30N12. The van der Waals surface area contributed by atoms with Crippen LogP contribution in [-0.4, -0.2) is 14.1 Å². The average Bonchev–Trinajstić information content (AvgIpc) is 4.08. The topological polar surface area (TPSA) is 159 Å². The number of fused-ring (bicyclic) bond motifs is 6. The average molecular weight is 1020 g/mol. The Morgan fingerprint density at radius 2 is 0.600 bits per heavy atom. The lowest BCUT2D eigenvalue weighted by Crippen LogP contribution is -2.05. The first kappa shape index (κ1) is 48.1. The van der Waals surface area contributed by atoms with E-state index in [0.717, 1.165) is 77.0 Å². The number of nitrogens with zero attached hydrogens (tertiary/aromatic N) is 12. The van der Waals surface area contributed by atoms with Gasteiger partial charge < -0.3 is 9.13 Å². The summed E-state index contributed by atoms with van der Waals surface area (Å²) in [7, 11) is 0. The van der Waals surface area contributed by atoms with Crippen molar-refractivity contribution < 1.29 is 0 Å². The molecule has 0 saturated carbocycles. The summed E-state index contributed by atoms with van der Waals surface area (Å²) in [6, 6.07) is 62.9. The molecule has 0 radical (unpaired) electrons. The van der Waals surface area contributed by atoms with Crippen LogP contribution in [0.15, 0.2) is 182 Å². The van der Waals surface area contributed by atoms with Gasteiger partial charge in [-0.2, -0.15) is 26.3 Å². The molecule has 80 heavy (non-hydrogen) atoms. The van der Waals surface area contributed by atoms with Crippen molar-refractivity contribution in [2.75, 3.05) is 0 Å². The van der Waals surface area contributed by atoms with Crippen molar-refractivity contribution in [3.63, 3.8) is 0 Å². The van der Waals surface area contributed by atoms with Gasteiger partial charge in [0.15, 0.2) is 22.7 Å². The summed E-state index contributed by atoms with van der Waals surface area (Å²) in [5, 5.41) is 54.3. The summed E-state index contributed by atoms with van der Waals surface area (Å²) in [4.78, 5) is 19.1. The Morgan fingerprint density at radius 3 is 0.938 bits per heavy atom. The molecule has 0 aliphatic heterocycles. The molecular weight excluding hydrogens is 985 g/mol. The minimum atomic E-state index is 0.320. The molecule has 362 valence electrons. The number of benzene rings is 9. The fraction of sp³-hybridized carbons (Fsp3) is 0. The smallest absolute Gasteiger partial charge is 0.189 e. The second-order valence-corrected chi connectivity index (χ2v) is 18.8. The lowest BCUT2D eigenvalue weighted by Gasteiger charge is -2.21. The lowest BCUT2D eigenvalue weighted by molar-refractivity contribution is 1.13. The first-order valence-corrected chi connectivity index (χ1v) is 24.5. The number of pyridine rings is 1. The molecule has 0 aliphatic rings. The third-order valence-corrected chi connectivity index (χ3v) is 14.2. The Labute approximate surface area is 457 Å². The Kier molecular flexibility index (Phi) is 11.7. The zero-order valence-electron chi connectivity index (χ0n) is 41.7. The van der Waals surface area contributed by atoms with E-state index in [2.05, 4.69) is 63.8 Å². The number of aromatic nitrogens is 3. The van der Waals surface area contributed by atoms with E-state index in [1.807, 2.05) is 97.1 Å². The van der Waals surface area contributed by atoms with Gasteiger partial charge in [0.2, 0.25) is 0 Å². The molecule has 0 spiro atoms. The van der Waals surface area contributed by atoms with Gasteiger partial charge in [-0.3, -0.25) is 4.98 Å². The molecule has 0 N–H and O–H groups in total. The van der Waals surface area contributed by atoms with Crippen molar-refractivity contribution in [3.8, 4) is 97.4 Å². The van der Waals surface area contributed by atoms with Gasteiger partial charge in [0.05, 0.1) is 107 Å². The first-order chi connectivity index (χ1) is 39.2. The molecule has 0 atom stereocenters. The molecule has 3 aromatic heterocycles. The third-order valence-electron chi connectivity index (χ3n) is 14.2. The fourth-order valence-electron chi connectivity index (χ4n) is 10.8. The molecule has 0 unspecified atom stereocenters. The predicted octanol–water partition coefficient (Wildman–Crippen LogP) is 17.2. The first-order valence-electron chi connectivity index (χ1n) is 24.5. The highest BCUT2D eigenvalue weighted by Crippen LogP contribution is 2.46. The second-order valence-electron chi connectivity index (χ2n) is 18.8. The van der Waals surface area contributed by atoms with Crippen LogP contribution in [0, 0.1) is 82.9 Å². The third kappa shape index (κ3) is 8.17. The van der Waals surface area contributed by atoms with Gasteiger partial charge in [0, 0.05) is 50.6 Å². The molecule has 0 fully saturated rings. The molecule has 0 amide bonds. The van der Waals surface area contributed by atoms with Gasteiger partial charge in [-0.25, -0.2) is 19.4 Å². The van der Waals surface area contributed by atoms with Crippen LogP contribution >= 0.6 is 0 Å². The summed E-state index contributed by atoms with van der Waals surface area (Å²) in [6.07, 6.45) is 3.43. The van der Waals surface area contributed by atoms with Crippen LogP contribution < -0.4 is 0 Å². The molecule has 0 aliphatic carbocycles. The Hall–Kier alpha value is -12.9. The van der Waals surface area contributed by atoms with Crippen molar-refractivity contribution in [1.82, 2.24) is 14.1 Å². The molecule has 3 heterocycles. The second kappa shape index (κ2) is 19.4. The van der Waals surface area contributed by atoms with Crippen molar-refractivity contribution in [2.45, 2.75) is 0 Å². The monoisotopic (exact) mass is 1010 g/mol. The van der Waals surface area contributed by atoms with Gasteiger partial charge in [-0.15, -0.1) is 0 Å². The summed E-state index contributed by atoms with van der Waals surface area (Å²) in [5.74, 6) is 0. The molecule has 12 nitrogen and oxygen atoms in total. The zero-order valence-corrected chi connectivity index (χ0v) is 41.7. The van der Waals surface area contributed by atoms with Crippen LogP contribution in [0.5, 0.6) is 0 Å². The summed E-state index contributed by atoms with van der Waals surface area (Å²) in [6.45, 7) is 31.3. The van der Waals surface area contributed by atoms with Crippen molar-refractivity contribution in [1.29, 1.82) is 26.3 Å². The summed E-state index contributed by atoms with van der Waals surface area (Å²) >= 11 is 0. The highest BCUT2D eigenvalue weighted by atomic mass is 15.0. The van der Waals surface area contributed by atoms with E-state index in [1.165, 1.54) is 0 Å². The fourth-order valence-corrected chi connectivity index (χ4v) is 10.8. The summed E-state index contributed by atoms with van der Waals surface area (Å²) in [5.41, 5.74) is 14.6. The highest BCUT2D eigenvalue weighted by molar-refractivity contribution is 6.14. The minimum Gasteiger partial charge on any atom is -0.308 e. The van der Waals surface area contributed by atoms with E-state index in [4.69, 9.17) is 26.3 Å². The van der Waals surface area contributed by atoms with Crippen LogP contribution in [0.3, 0.4) is 0 Å². The molecule has 12 heteroatoms. The zero-order chi connectivity index (χ0) is 55.2. The SMILES string of the molecule is [C-]#[N+]c1cc(C#N)cc(-c2ccc3c(c2)c2cc(-c4cc(C#N)cc(C#N)c4)ccc2n3-c2cc(C#N)cc(-n3c4ccc(-c5cc(C#N)cc([N+]#[C-])c5)cc4c4cc(-c5cc([N+]#[C-])cc([N+]#[C-])c5)ccc43)c2-c2ccncc2)c1. The van der Waals surface area contributed by atoms with E-state index in [9.17, 15) is 26.3 Å². The van der Waals surface area contributed by atoms with Crippen LogP contribution in [0.1, 0.15) is 27.8 Å². The molecule has 0 saturated heterocycles. The van der Waals surface area contributed by atoms with E-state index in [1.54, 1.807) is 85.2 Å². The van der Waals surface area contributed by atoms with E-state index in [-0.39, 0.29) is 0 Å². The van der Waals surface area contributed by atoms with Crippen molar-refractivity contribution >= 4 is 66.4 Å². The van der Waals surface area contributed by atoms with Gasteiger partial charge in [-0.1, -0.05) is 42.5 Å². The van der Waals surface area contributed by atoms with Crippen molar-refractivity contribution in [2.24, 2.45) is 0 Å². The van der Waals surface area contributed by atoms with Gasteiger partial charge in [0.25, 0.3) is 0 Å². The molecule has 9 aromatic carbocycles. The maximum atomic E-state index is 11.1. The van der Waals surface area contributed by atoms with Gasteiger partial charge >= 0.3 is 0 Å². The maximum absolute atomic E-state index is 11.1. The van der Waals surface area contributed by atoms with Gasteiger partial charge in [0.1, 0.15) is 0 Å². The van der Waals surface area contributed by atoms with Gasteiger partial charge in [-0.05, 0) is 177 Å². The summed E-state index contributed by atoms with van der Waals surface area (Å²) < 4.78 is 4.26. The Morgan fingerprint density at radius 1 is 0.300 bits per heavy atom. The Balaban J connectivity index is 1.19. The molecule has 12 rings (SSSR count). The number of nitriles is 5. The van der Waals surface area contributed by atoms with Crippen LogP contribution in [-0.2, 0) is 0 Å². The normalized spacial score (nSPS) is 10.6. The van der Waals surface area contributed by atoms with E-state index < -0.39 is 0 Å². The maximum Gasteiger partial charge on any atom is 0.189 e. The lowest BCUT2D eigenvalue weighted by atomic mass is 9.97. The highest BCUT2D eigenvalue weighted by Gasteiger charge is 2.25. The van der Waals surface area contributed by atoms with E-state index in [0.29, 0.717) is 84.2 Å². The number of hydrogen-bond donors (Lipinski definition) is 0. The molecule has 12 aromatic rings. The predicted molar refractivity (Wildman–Crippen MR) is 309 cm³/mol. The minimum absolute atomic E-state index is 0.320. The van der Waals surface area contributed by atoms with Crippen LogP contribution in [0.25, 0.3) is 130 Å².